The van der Waals surface area contributed by atoms with Gasteiger partial charge in [-0.25, -0.2) is 0 Å². The fourth-order valence-corrected chi connectivity index (χ4v) is 2.16. The number of amides is 2. The summed E-state index contributed by atoms with van der Waals surface area (Å²) >= 11 is 0. The molecule has 0 spiro atoms. The van der Waals surface area contributed by atoms with Gasteiger partial charge in [0, 0.05) is 13.1 Å². The van der Waals surface area contributed by atoms with Gasteiger partial charge in [-0.2, -0.15) is 0 Å². The Morgan fingerprint density at radius 1 is 1.13 bits per heavy atom. The van der Waals surface area contributed by atoms with Crippen molar-refractivity contribution in [3.63, 3.8) is 0 Å². The number of hydrogen-bond donors (Lipinski definition) is 2. The van der Waals surface area contributed by atoms with Crippen molar-refractivity contribution in [2.24, 2.45) is 0 Å². The number of hydrogen-bond acceptors (Lipinski definition) is 3. The lowest BCUT2D eigenvalue weighted by Gasteiger charge is -2.33. The molecule has 2 amide bonds. The summed E-state index contributed by atoms with van der Waals surface area (Å²) in [4.78, 5) is 24.7. The molecule has 0 aromatic rings. The summed E-state index contributed by atoms with van der Waals surface area (Å²) in [5, 5.41) is 5.90. The van der Waals surface area contributed by atoms with E-state index in [1.165, 1.54) is 0 Å². The Morgan fingerprint density at radius 2 is 2.00 bits per heavy atom. The largest absolute Gasteiger partial charge is 0.348 e. The van der Waals surface area contributed by atoms with Crippen molar-refractivity contribution in [1.29, 1.82) is 0 Å². The van der Waals surface area contributed by atoms with Crippen LogP contribution in [0, 0.1) is 0 Å². The van der Waals surface area contributed by atoms with E-state index in [1.807, 2.05) is 0 Å². The van der Waals surface area contributed by atoms with Gasteiger partial charge < -0.3 is 10.2 Å². The third-order valence-electron chi connectivity index (χ3n) is 2.98. The molecule has 84 valence electrons. The Bertz CT molecular complexity index is 261. The first kappa shape index (κ1) is 10.4. The molecule has 2 heterocycles. The Hall–Kier alpha value is -1.10. The van der Waals surface area contributed by atoms with Crippen molar-refractivity contribution in [3.8, 4) is 0 Å². The van der Waals surface area contributed by atoms with Gasteiger partial charge in [0.25, 0.3) is 0 Å². The van der Waals surface area contributed by atoms with Crippen LogP contribution >= 0.6 is 0 Å². The normalized spacial score (nSPS) is 28.5. The number of nitrogens with zero attached hydrogens (tertiary/aromatic N) is 1. The van der Waals surface area contributed by atoms with Crippen LogP contribution in [0.4, 0.5) is 0 Å². The van der Waals surface area contributed by atoms with Crippen LogP contribution in [-0.4, -0.2) is 42.5 Å². The summed E-state index contributed by atoms with van der Waals surface area (Å²) in [6, 6.07) is 0. The average molecular weight is 211 g/mol. The minimum Gasteiger partial charge on any atom is -0.348 e. The second-order valence-electron chi connectivity index (χ2n) is 4.07. The summed E-state index contributed by atoms with van der Waals surface area (Å²) < 4.78 is 0. The highest BCUT2D eigenvalue weighted by atomic mass is 16.2. The van der Waals surface area contributed by atoms with E-state index in [0.717, 1.165) is 32.2 Å². The molecule has 1 atom stereocenters. The highest BCUT2D eigenvalue weighted by molar-refractivity contribution is 6.35. The predicted octanol–water partition coefficient (Wildman–Crippen LogP) is -0.565. The van der Waals surface area contributed by atoms with Gasteiger partial charge in [-0.15, -0.1) is 0 Å². The van der Waals surface area contributed by atoms with E-state index in [2.05, 4.69) is 10.6 Å². The van der Waals surface area contributed by atoms with E-state index in [0.29, 0.717) is 13.1 Å². The number of nitrogens with one attached hydrogen (secondary N) is 2. The van der Waals surface area contributed by atoms with Crippen LogP contribution in [0.3, 0.4) is 0 Å². The summed E-state index contributed by atoms with van der Waals surface area (Å²) in [5.74, 6) is -0.841. The molecule has 5 nitrogen and oxygen atoms in total. The predicted molar refractivity (Wildman–Crippen MR) is 55.0 cm³/mol. The molecular formula is C10H17N3O2. The first-order valence-corrected chi connectivity index (χ1v) is 5.61. The van der Waals surface area contributed by atoms with Crippen molar-refractivity contribution in [2.45, 2.75) is 31.8 Å². The van der Waals surface area contributed by atoms with E-state index in [4.69, 9.17) is 0 Å². The summed E-state index contributed by atoms with van der Waals surface area (Å²) in [7, 11) is 0. The number of piperidine rings is 1. The molecule has 5 heteroatoms. The molecule has 1 unspecified atom stereocenters. The number of carbonyl (C=O) groups excluding carboxylic acids is 2. The lowest BCUT2D eigenvalue weighted by molar-refractivity contribution is -0.147. The van der Waals surface area contributed by atoms with E-state index in [-0.39, 0.29) is 12.1 Å². The standard InChI is InChI=1S/C10H17N3O2/c14-9-10(15)13(7-3-6-12-9)8-4-1-2-5-11-8/h8,11H,1-7H2,(H,12,14). The summed E-state index contributed by atoms with van der Waals surface area (Å²) in [6.07, 6.45) is 4.15. The third-order valence-corrected chi connectivity index (χ3v) is 2.98. The fraction of sp³-hybridized carbons (Fsp3) is 0.800. The van der Waals surface area contributed by atoms with Gasteiger partial charge in [-0.3, -0.25) is 14.9 Å². The Balaban J connectivity index is 2.04. The highest BCUT2D eigenvalue weighted by Crippen LogP contribution is 2.13. The molecule has 2 aliphatic rings. The van der Waals surface area contributed by atoms with Crippen molar-refractivity contribution < 1.29 is 9.59 Å². The molecule has 0 bridgehead atoms. The van der Waals surface area contributed by atoms with Crippen molar-refractivity contribution in [1.82, 2.24) is 15.5 Å². The molecule has 2 fully saturated rings. The number of rotatable bonds is 1. The van der Waals surface area contributed by atoms with Crippen molar-refractivity contribution >= 4 is 11.8 Å². The maximum Gasteiger partial charge on any atom is 0.313 e. The average Bonchev–Trinajstić information content (AvgIpc) is 2.44. The molecule has 0 aliphatic carbocycles. The summed E-state index contributed by atoms with van der Waals surface area (Å²) in [5.41, 5.74) is 0. The molecule has 2 saturated heterocycles. The SMILES string of the molecule is O=C1NCCCN(C2CCCCN2)C1=O. The smallest absolute Gasteiger partial charge is 0.313 e. The van der Waals surface area contributed by atoms with E-state index in [1.54, 1.807) is 4.90 Å². The Kier molecular flexibility index (Phi) is 3.20. The summed E-state index contributed by atoms with van der Waals surface area (Å²) in [6.45, 7) is 2.22. The molecule has 0 radical (unpaired) electrons. The molecule has 0 aromatic carbocycles. The van der Waals surface area contributed by atoms with Crippen LogP contribution in [-0.2, 0) is 9.59 Å². The van der Waals surface area contributed by atoms with E-state index < -0.39 is 5.91 Å². The number of carbonyl (C=O) groups is 2. The molecule has 15 heavy (non-hydrogen) atoms. The van der Waals surface area contributed by atoms with Gasteiger partial charge in [0.15, 0.2) is 0 Å². The quantitative estimate of drug-likeness (QED) is 0.571. The van der Waals surface area contributed by atoms with Crippen molar-refractivity contribution in [3.05, 3.63) is 0 Å². The van der Waals surface area contributed by atoms with Gasteiger partial charge >= 0.3 is 11.8 Å². The maximum absolute atomic E-state index is 11.7. The molecule has 2 rings (SSSR count). The van der Waals surface area contributed by atoms with E-state index in [9.17, 15) is 9.59 Å². The Labute approximate surface area is 89.2 Å². The van der Waals surface area contributed by atoms with Crippen LogP contribution < -0.4 is 10.6 Å². The highest BCUT2D eigenvalue weighted by Gasteiger charge is 2.30. The molecule has 0 aromatic heterocycles. The van der Waals surface area contributed by atoms with Crippen molar-refractivity contribution in [2.75, 3.05) is 19.6 Å². The molecule has 2 N–H and O–H groups in total. The topological polar surface area (TPSA) is 61.4 Å². The zero-order chi connectivity index (χ0) is 10.7. The zero-order valence-electron chi connectivity index (χ0n) is 8.79. The van der Waals surface area contributed by atoms with Gasteiger partial charge in [0.2, 0.25) is 0 Å². The van der Waals surface area contributed by atoms with Gasteiger partial charge in [0.05, 0.1) is 6.17 Å². The minimum atomic E-state index is -0.458. The lowest BCUT2D eigenvalue weighted by Crippen LogP contribution is -2.53. The van der Waals surface area contributed by atoms with Crippen LogP contribution in [0.2, 0.25) is 0 Å². The van der Waals surface area contributed by atoms with Gasteiger partial charge in [-0.1, -0.05) is 0 Å². The zero-order valence-corrected chi connectivity index (χ0v) is 8.79. The lowest BCUT2D eigenvalue weighted by atomic mass is 10.1. The molecule has 0 saturated carbocycles. The maximum atomic E-state index is 11.7. The molecule has 2 aliphatic heterocycles. The fourth-order valence-electron chi connectivity index (χ4n) is 2.16. The second-order valence-corrected chi connectivity index (χ2v) is 4.07. The van der Waals surface area contributed by atoms with E-state index >= 15 is 0 Å². The van der Waals surface area contributed by atoms with Gasteiger partial charge in [0.1, 0.15) is 0 Å². The van der Waals surface area contributed by atoms with Crippen LogP contribution in [0.15, 0.2) is 0 Å². The monoisotopic (exact) mass is 211 g/mol. The van der Waals surface area contributed by atoms with Crippen LogP contribution in [0.5, 0.6) is 0 Å². The Morgan fingerprint density at radius 3 is 2.73 bits per heavy atom. The first-order chi connectivity index (χ1) is 7.29. The molecular weight excluding hydrogens is 194 g/mol. The third kappa shape index (κ3) is 2.28. The second kappa shape index (κ2) is 4.61. The van der Waals surface area contributed by atoms with Crippen LogP contribution in [0.1, 0.15) is 25.7 Å². The minimum absolute atomic E-state index is 0.0649. The van der Waals surface area contributed by atoms with Crippen LogP contribution in [0.25, 0.3) is 0 Å². The first-order valence-electron chi connectivity index (χ1n) is 5.61. The van der Waals surface area contributed by atoms with Gasteiger partial charge in [-0.05, 0) is 32.2 Å².